The summed E-state index contributed by atoms with van der Waals surface area (Å²) in [6, 6.07) is 14.7. The second-order valence-corrected chi connectivity index (χ2v) is 19.4. The highest BCUT2D eigenvalue weighted by atomic mass is 16.5. The van der Waals surface area contributed by atoms with Crippen molar-refractivity contribution in [2.24, 2.45) is 0 Å². The summed E-state index contributed by atoms with van der Waals surface area (Å²) in [7, 11) is 0. The first kappa shape index (κ1) is 49.6. The molecule has 2 heterocycles. The number of fused-ring (bicyclic) bond motifs is 2. The smallest absolute Gasteiger partial charge is 0.140 e. The van der Waals surface area contributed by atoms with Crippen molar-refractivity contribution in [3.63, 3.8) is 0 Å². The van der Waals surface area contributed by atoms with Gasteiger partial charge in [-0.1, -0.05) is 245 Å². The van der Waals surface area contributed by atoms with Crippen LogP contribution in [0.3, 0.4) is 0 Å². The Morgan fingerprint density at radius 2 is 0.678 bits per heavy atom. The largest absolute Gasteiger partial charge is 0.478 e. The highest BCUT2D eigenvalue weighted by molar-refractivity contribution is 5.49. The van der Waals surface area contributed by atoms with Gasteiger partial charge in [0, 0.05) is 28.6 Å². The van der Waals surface area contributed by atoms with Crippen molar-refractivity contribution in [2.45, 2.75) is 264 Å². The molecule has 0 amide bonds. The SMILES string of the molecule is CCCCCCCCCCCCCCCCCCC1NCOc2ccc(C(C)(C)c3ccc4c(c3)C(CCCCCCCCCCCCCCCCCC)NCO4)cc21. The highest BCUT2D eigenvalue weighted by Gasteiger charge is 2.30. The fraction of sp³-hybridized carbons (Fsp3) is 0.782. The lowest BCUT2D eigenvalue weighted by atomic mass is 9.76. The van der Waals surface area contributed by atoms with Crippen LogP contribution in [0.25, 0.3) is 0 Å². The van der Waals surface area contributed by atoms with Gasteiger partial charge < -0.3 is 9.47 Å². The summed E-state index contributed by atoms with van der Waals surface area (Å²) in [6.45, 7) is 10.6. The molecule has 2 N–H and O–H groups in total. The lowest BCUT2D eigenvalue weighted by molar-refractivity contribution is 0.224. The minimum absolute atomic E-state index is 0.128. The Hall–Kier alpha value is -2.04. The number of nitrogens with one attached hydrogen (secondary N) is 2. The summed E-state index contributed by atoms with van der Waals surface area (Å²) in [4.78, 5) is 0. The third-order valence-corrected chi connectivity index (χ3v) is 14.0. The number of hydrogen-bond acceptors (Lipinski definition) is 4. The van der Waals surface area contributed by atoms with E-state index in [9.17, 15) is 0 Å². The van der Waals surface area contributed by atoms with Crippen LogP contribution in [0.2, 0.25) is 0 Å². The fourth-order valence-corrected chi connectivity index (χ4v) is 9.82. The topological polar surface area (TPSA) is 42.5 Å². The van der Waals surface area contributed by atoms with Crippen molar-refractivity contribution in [2.75, 3.05) is 13.5 Å². The first-order chi connectivity index (χ1) is 29.0. The fourth-order valence-electron chi connectivity index (χ4n) is 9.82. The molecule has 336 valence electrons. The lowest BCUT2D eigenvalue weighted by Crippen LogP contribution is -2.32. The van der Waals surface area contributed by atoms with Gasteiger partial charge in [0.1, 0.15) is 25.0 Å². The van der Waals surface area contributed by atoms with Crippen molar-refractivity contribution in [3.8, 4) is 11.5 Å². The van der Waals surface area contributed by atoms with Crippen LogP contribution in [0.15, 0.2) is 36.4 Å². The van der Waals surface area contributed by atoms with Crippen molar-refractivity contribution in [1.82, 2.24) is 10.6 Å². The average molecular weight is 815 g/mol. The van der Waals surface area contributed by atoms with Crippen LogP contribution >= 0.6 is 0 Å². The Kier molecular flexibility index (Phi) is 26.0. The van der Waals surface area contributed by atoms with Crippen LogP contribution in [-0.4, -0.2) is 13.5 Å². The lowest BCUT2D eigenvalue weighted by Gasteiger charge is -2.33. The van der Waals surface area contributed by atoms with Crippen LogP contribution in [0.1, 0.15) is 280 Å². The van der Waals surface area contributed by atoms with Crippen LogP contribution in [0.4, 0.5) is 0 Å². The van der Waals surface area contributed by atoms with Crippen molar-refractivity contribution >= 4 is 0 Å². The summed E-state index contributed by atoms with van der Waals surface area (Å²) >= 11 is 0. The molecule has 0 radical (unpaired) electrons. The van der Waals surface area contributed by atoms with Gasteiger partial charge in [0.05, 0.1) is 0 Å². The zero-order valence-electron chi connectivity index (χ0n) is 39.4. The molecule has 2 aromatic rings. The molecular formula is C55H94N2O2. The Morgan fingerprint density at radius 1 is 0.407 bits per heavy atom. The quantitative estimate of drug-likeness (QED) is 0.0673. The molecule has 0 aliphatic carbocycles. The molecule has 2 aliphatic rings. The molecule has 59 heavy (non-hydrogen) atoms. The molecule has 0 saturated carbocycles. The standard InChI is InChI=1S/C55H94N2O2/c1-5-7-9-11-13-15-17-19-21-23-25-27-29-31-33-35-37-51-49-43-47(39-41-53(49)58-45-56-51)55(3,4)48-40-42-54-50(44-48)52(57-46-59-54)38-36-34-32-30-28-26-24-22-20-18-16-14-12-10-8-6-2/h39-44,51-52,56-57H,5-38,45-46H2,1-4H3. The Balaban J connectivity index is 1.12. The summed E-state index contributed by atoms with van der Waals surface area (Å²) in [5.74, 6) is 2.12. The number of ether oxygens (including phenoxy) is 2. The van der Waals surface area contributed by atoms with Gasteiger partial charge in [-0.15, -0.1) is 0 Å². The number of benzene rings is 2. The van der Waals surface area contributed by atoms with Gasteiger partial charge in [-0.05, 0) is 48.2 Å². The Labute approximate surface area is 365 Å². The predicted octanol–water partition coefficient (Wildman–Crippen LogP) is 17.3. The summed E-state index contributed by atoms with van der Waals surface area (Å²) < 4.78 is 12.2. The van der Waals surface area contributed by atoms with Gasteiger partial charge in [-0.25, -0.2) is 0 Å². The zero-order chi connectivity index (χ0) is 41.6. The van der Waals surface area contributed by atoms with E-state index in [0.29, 0.717) is 25.5 Å². The van der Waals surface area contributed by atoms with E-state index in [1.807, 2.05) is 0 Å². The van der Waals surface area contributed by atoms with E-state index < -0.39 is 0 Å². The Bertz CT molecular complexity index is 1240. The second-order valence-electron chi connectivity index (χ2n) is 19.4. The predicted molar refractivity (Wildman–Crippen MR) is 256 cm³/mol. The third kappa shape index (κ3) is 19.3. The van der Waals surface area contributed by atoms with Gasteiger partial charge in [-0.3, -0.25) is 10.6 Å². The molecule has 2 aliphatic heterocycles. The van der Waals surface area contributed by atoms with E-state index >= 15 is 0 Å². The second kappa shape index (κ2) is 30.9. The van der Waals surface area contributed by atoms with Gasteiger partial charge >= 0.3 is 0 Å². The maximum absolute atomic E-state index is 6.12. The third-order valence-electron chi connectivity index (χ3n) is 14.0. The number of rotatable bonds is 36. The molecular weight excluding hydrogens is 721 g/mol. The molecule has 0 bridgehead atoms. The van der Waals surface area contributed by atoms with Crippen LogP contribution in [0.5, 0.6) is 11.5 Å². The molecule has 4 nitrogen and oxygen atoms in total. The van der Waals surface area contributed by atoms with E-state index in [1.165, 1.54) is 241 Å². The molecule has 0 aromatic heterocycles. The number of unbranched alkanes of at least 4 members (excludes halogenated alkanes) is 30. The van der Waals surface area contributed by atoms with Crippen molar-refractivity contribution in [3.05, 3.63) is 58.7 Å². The molecule has 0 fully saturated rings. The van der Waals surface area contributed by atoms with E-state index in [0.717, 1.165) is 11.5 Å². The molecule has 4 heteroatoms. The number of hydrogen-bond donors (Lipinski definition) is 2. The van der Waals surface area contributed by atoms with E-state index in [2.05, 4.69) is 74.7 Å². The zero-order valence-corrected chi connectivity index (χ0v) is 39.4. The van der Waals surface area contributed by atoms with Crippen molar-refractivity contribution < 1.29 is 9.47 Å². The molecule has 2 aromatic carbocycles. The van der Waals surface area contributed by atoms with Gasteiger partial charge in [0.25, 0.3) is 0 Å². The maximum Gasteiger partial charge on any atom is 0.140 e. The average Bonchev–Trinajstić information content (AvgIpc) is 3.25. The minimum atomic E-state index is -0.128. The summed E-state index contributed by atoms with van der Waals surface area (Å²) in [5, 5.41) is 7.40. The van der Waals surface area contributed by atoms with Crippen LogP contribution in [-0.2, 0) is 5.41 Å². The molecule has 0 saturated heterocycles. The Morgan fingerprint density at radius 3 is 0.966 bits per heavy atom. The first-order valence-electron chi connectivity index (χ1n) is 26.1. The first-order valence-corrected chi connectivity index (χ1v) is 26.1. The van der Waals surface area contributed by atoms with Crippen LogP contribution < -0.4 is 20.1 Å². The maximum atomic E-state index is 6.12. The highest BCUT2D eigenvalue weighted by Crippen LogP contribution is 2.41. The summed E-state index contributed by atoms with van der Waals surface area (Å²) in [5.41, 5.74) is 5.27. The van der Waals surface area contributed by atoms with Crippen molar-refractivity contribution in [1.29, 1.82) is 0 Å². The molecule has 2 atom stereocenters. The van der Waals surface area contributed by atoms with Crippen LogP contribution in [0, 0.1) is 0 Å². The van der Waals surface area contributed by atoms with E-state index in [4.69, 9.17) is 9.47 Å². The normalized spacial score (nSPS) is 16.4. The van der Waals surface area contributed by atoms with Gasteiger partial charge in [0.15, 0.2) is 0 Å². The summed E-state index contributed by atoms with van der Waals surface area (Å²) in [6.07, 6.45) is 47.6. The monoisotopic (exact) mass is 815 g/mol. The van der Waals surface area contributed by atoms with Gasteiger partial charge in [0.2, 0.25) is 0 Å². The molecule has 4 rings (SSSR count). The molecule has 0 spiro atoms. The molecule has 2 unspecified atom stereocenters. The van der Waals surface area contributed by atoms with Gasteiger partial charge in [-0.2, -0.15) is 0 Å². The van der Waals surface area contributed by atoms with E-state index in [-0.39, 0.29) is 5.41 Å². The van der Waals surface area contributed by atoms with E-state index in [1.54, 1.807) is 0 Å². The minimum Gasteiger partial charge on any atom is -0.478 e.